The lowest BCUT2D eigenvalue weighted by molar-refractivity contribution is -0.150. The number of rotatable bonds is 8. The predicted molar refractivity (Wildman–Crippen MR) is 62.1 cm³/mol. The lowest BCUT2D eigenvalue weighted by Crippen LogP contribution is -2.28. The zero-order chi connectivity index (χ0) is 13.8. The van der Waals surface area contributed by atoms with Crippen LogP contribution in [0.3, 0.4) is 0 Å². The van der Waals surface area contributed by atoms with E-state index in [0.717, 1.165) is 6.42 Å². The maximum absolute atomic E-state index is 12.1. The third-order valence-electron chi connectivity index (χ3n) is 2.97. The number of carbonyl (C=O) groups is 1. The number of hydrogen-bond acceptors (Lipinski definition) is 7. The summed E-state index contributed by atoms with van der Waals surface area (Å²) in [4.78, 5) is 11.5. The summed E-state index contributed by atoms with van der Waals surface area (Å²) in [6.45, 7) is 0.296. The molecule has 0 aromatic carbocycles. The Balaban J connectivity index is 2.62. The molecule has 0 aliphatic heterocycles. The van der Waals surface area contributed by atoms with Gasteiger partial charge >= 0.3 is 13.6 Å². The van der Waals surface area contributed by atoms with Gasteiger partial charge in [0.05, 0.1) is 13.7 Å². The van der Waals surface area contributed by atoms with E-state index in [0.29, 0.717) is 0 Å². The van der Waals surface area contributed by atoms with Gasteiger partial charge in [0.1, 0.15) is 0 Å². The molecule has 0 saturated heterocycles. The molecular weight excluding hydrogens is 263 g/mol. The van der Waals surface area contributed by atoms with E-state index in [-0.39, 0.29) is 25.0 Å². The van der Waals surface area contributed by atoms with Gasteiger partial charge < -0.3 is 23.6 Å². The van der Waals surface area contributed by atoms with Crippen molar-refractivity contribution in [1.29, 1.82) is 0 Å². The molecule has 0 aromatic heterocycles. The van der Waals surface area contributed by atoms with Gasteiger partial charge in [0.25, 0.3) is 5.85 Å². The molecule has 1 fully saturated rings. The van der Waals surface area contributed by atoms with Crippen molar-refractivity contribution in [2.75, 3.05) is 34.5 Å². The van der Waals surface area contributed by atoms with E-state index in [2.05, 4.69) is 4.74 Å². The number of aliphatic hydroxyl groups is 1. The summed E-state index contributed by atoms with van der Waals surface area (Å²) in [7, 11) is -0.156. The van der Waals surface area contributed by atoms with Crippen LogP contribution in [0.15, 0.2) is 0 Å². The zero-order valence-electron chi connectivity index (χ0n) is 10.7. The highest BCUT2D eigenvalue weighted by Gasteiger charge is 2.45. The Labute approximate surface area is 106 Å². The molecule has 8 heteroatoms. The summed E-state index contributed by atoms with van der Waals surface area (Å²) in [5.41, 5.74) is 0. The second kappa shape index (κ2) is 6.63. The Morgan fingerprint density at radius 3 is 2.33 bits per heavy atom. The van der Waals surface area contributed by atoms with Crippen molar-refractivity contribution < 1.29 is 33.0 Å². The van der Waals surface area contributed by atoms with Crippen LogP contribution in [0, 0.1) is 11.8 Å². The maximum atomic E-state index is 12.1. The number of carbonyl (C=O) groups excluding carboxylic acids is 1. The summed E-state index contributed by atoms with van der Waals surface area (Å²) in [6, 6.07) is 0. The first kappa shape index (κ1) is 15.6. The van der Waals surface area contributed by atoms with Crippen molar-refractivity contribution in [3.05, 3.63) is 0 Å². The van der Waals surface area contributed by atoms with Gasteiger partial charge in [-0.25, -0.2) is 4.79 Å². The van der Waals surface area contributed by atoms with Crippen molar-refractivity contribution in [1.82, 2.24) is 0 Å². The molecule has 18 heavy (non-hydrogen) atoms. The Hall–Kier alpha value is -0.460. The van der Waals surface area contributed by atoms with E-state index in [4.69, 9.17) is 18.9 Å². The first-order chi connectivity index (χ1) is 8.52. The second-order valence-corrected chi connectivity index (χ2v) is 6.33. The zero-order valence-corrected chi connectivity index (χ0v) is 11.6. The molecule has 1 aliphatic rings. The molecule has 1 rings (SSSR count). The molecule has 1 aliphatic carbocycles. The number of hydrogen-bond donors (Lipinski definition) is 1. The molecule has 0 amide bonds. The van der Waals surface area contributed by atoms with E-state index in [9.17, 15) is 9.36 Å². The van der Waals surface area contributed by atoms with E-state index >= 15 is 0 Å². The van der Waals surface area contributed by atoms with Crippen LogP contribution in [0.2, 0.25) is 0 Å². The van der Waals surface area contributed by atoms with Gasteiger partial charge in [-0.2, -0.15) is 0 Å². The quantitative estimate of drug-likeness (QED) is 0.515. The summed E-state index contributed by atoms with van der Waals surface area (Å²) in [6.07, 6.45) is 0.828. The first-order valence-corrected chi connectivity index (χ1v) is 7.15. The lowest BCUT2D eigenvalue weighted by atomic mass is 10.3. The average Bonchev–Trinajstić information content (AvgIpc) is 3.16. The van der Waals surface area contributed by atoms with Crippen molar-refractivity contribution in [2.24, 2.45) is 11.8 Å². The molecule has 3 atom stereocenters. The normalized spacial score (nSPS) is 24.7. The minimum atomic E-state index is -3.68. The van der Waals surface area contributed by atoms with Gasteiger partial charge in [-0.15, -0.1) is 0 Å². The molecule has 0 bridgehead atoms. The molecule has 0 heterocycles. The van der Waals surface area contributed by atoms with Crippen molar-refractivity contribution in [3.8, 4) is 0 Å². The van der Waals surface area contributed by atoms with Gasteiger partial charge in [0, 0.05) is 20.8 Å². The SMILES string of the molecule is COC(=O)C(OC[C@@H]1C[C@@H]1CO)P(=O)(OC)OC. The third kappa shape index (κ3) is 3.52. The van der Waals surface area contributed by atoms with Crippen LogP contribution in [0.5, 0.6) is 0 Å². The van der Waals surface area contributed by atoms with Crippen LogP contribution in [0.25, 0.3) is 0 Å². The average molecular weight is 282 g/mol. The van der Waals surface area contributed by atoms with Crippen molar-refractivity contribution >= 4 is 13.6 Å². The molecule has 7 nitrogen and oxygen atoms in total. The second-order valence-electron chi connectivity index (χ2n) is 4.05. The molecule has 0 aromatic rings. The van der Waals surface area contributed by atoms with E-state index in [1.54, 1.807) is 0 Å². The third-order valence-corrected chi connectivity index (χ3v) is 4.92. The fraction of sp³-hybridized carbons (Fsp3) is 0.900. The molecule has 0 radical (unpaired) electrons. The van der Waals surface area contributed by atoms with Crippen LogP contribution < -0.4 is 0 Å². The van der Waals surface area contributed by atoms with Crippen molar-refractivity contribution in [3.63, 3.8) is 0 Å². The van der Waals surface area contributed by atoms with Crippen LogP contribution >= 0.6 is 7.60 Å². The standard InChI is InChI=1S/C10H19O7P/c1-14-9(12)10(18(13,15-2)16-3)17-6-8-4-7(8)5-11/h7-8,10-11H,4-6H2,1-3H3/t7-,8+,10?/m1/s1. The van der Waals surface area contributed by atoms with Gasteiger partial charge in [-0.3, -0.25) is 4.57 Å². The fourth-order valence-corrected chi connectivity index (χ4v) is 2.77. The maximum Gasteiger partial charge on any atom is 0.370 e. The summed E-state index contributed by atoms with van der Waals surface area (Å²) in [5.74, 6) is -1.84. The van der Waals surface area contributed by atoms with Crippen molar-refractivity contribution in [2.45, 2.75) is 12.3 Å². The number of methoxy groups -OCH3 is 1. The molecule has 1 saturated carbocycles. The smallest absolute Gasteiger partial charge is 0.370 e. The largest absolute Gasteiger partial charge is 0.467 e. The summed E-state index contributed by atoms with van der Waals surface area (Å²) < 4.78 is 31.4. The van der Waals surface area contributed by atoms with Gasteiger partial charge in [0.2, 0.25) is 0 Å². The van der Waals surface area contributed by atoms with E-state index in [1.165, 1.54) is 21.3 Å². The van der Waals surface area contributed by atoms with Crippen LogP contribution in [0.4, 0.5) is 0 Å². The first-order valence-electron chi connectivity index (χ1n) is 5.53. The summed E-state index contributed by atoms with van der Waals surface area (Å²) in [5, 5.41) is 8.90. The van der Waals surface area contributed by atoms with Gasteiger partial charge in [-0.1, -0.05) is 0 Å². The highest BCUT2D eigenvalue weighted by atomic mass is 31.2. The van der Waals surface area contributed by atoms with Crippen LogP contribution in [-0.2, 0) is 27.9 Å². The Bertz CT molecular complexity index is 324. The Morgan fingerprint density at radius 2 is 1.94 bits per heavy atom. The number of ether oxygens (including phenoxy) is 2. The van der Waals surface area contributed by atoms with Gasteiger partial charge in [0.15, 0.2) is 0 Å². The molecule has 106 valence electrons. The number of aliphatic hydroxyl groups excluding tert-OH is 1. The van der Waals surface area contributed by atoms with Crippen LogP contribution in [-0.4, -0.2) is 51.5 Å². The van der Waals surface area contributed by atoms with E-state index in [1.807, 2.05) is 0 Å². The minimum Gasteiger partial charge on any atom is -0.467 e. The molecule has 1 unspecified atom stereocenters. The lowest BCUT2D eigenvalue weighted by Gasteiger charge is -2.22. The highest BCUT2D eigenvalue weighted by Crippen LogP contribution is 2.53. The molecular formula is C10H19O7P. The molecule has 0 spiro atoms. The van der Waals surface area contributed by atoms with Gasteiger partial charge in [-0.05, 0) is 18.3 Å². The topological polar surface area (TPSA) is 91.3 Å². The highest BCUT2D eigenvalue weighted by molar-refractivity contribution is 7.55. The predicted octanol–water partition coefficient (Wildman–Crippen LogP) is 0.616. The van der Waals surface area contributed by atoms with E-state index < -0.39 is 19.4 Å². The minimum absolute atomic E-state index is 0.0864. The molecule has 1 N–H and O–H groups in total. The van der Waals surface area contributed by atoms with Crippen LogP contribution in [0.1, 0.15) is 6.42 Å². The monoisotopic (exact) mass is 282 g/mol. The number of esters is 1. The Kier molecular flexibility index (Phi) is 5.75. The summed E-state index contributed by atoms with van der Waals surface area (Å²) >= 11 is 0. The Morgan fingerprint density at radius 1 is 1.33 bits per heavy atom. The fourth-order valence-electron chi connectivity index (χ4n) is 1.61.